The average molecular weight is 443 g/mol. The predicted molar refractivity (Wildman–Crippen MR) is 122 cm³/mol. The first-order valence-electron chi connectivity index (χ1n) is 10.3. The molecule has 1 atom stereocenters. The number of benzene rings is 1. The highest BCUT2D eigenvalue weighted by Crippen LogP contribution is 2.30. The third-order valence-corrected chi connectivity index (χ3v) is 6.54. The van der Waals surface area contributed by atoms with Crippen LogP contribution < -0.4 is 5.32 Å². The zero-order valence-electron chi connectivity index (χ0n) is 16.8. The number of hydrogen-bond acceptors (Lipinski definition) is 6. The lowest BCUT2D eigenvalue weighted by atomic mass is 10.1. The van der Waals surface area contributed by atoms with Gasteiger partial charge in [0.25, 0.3) is 17.8 Å². The van der Waals surface area contributed by atoms with Crippen LogP contribution in [-0.2, 0) is 4.79 Å². The summed E-state index contributed by atoms with van der Waals surface area (Å²) < 4.78 is 7.11. The third-order valence-electron chi connectivity index (χ3n) is 5.64. The van der Waals surface area contributed by atoms with Crippen molar-refractivity contribution in [3.63, 3.8) is 0 Å². The second kappa shape index (κ2) is 7.38. The van der Waals surface area contributed by atoms with Gasteiger partial charge in [-0.15, -0.1) is 11.3 Å². The number of aliphatic imine (C=N–C) groups is 2. The van der Waals surface area contributed by atoms with Gasteiger partial charge < -0.3 is 9.73 Å². The van der Waals surface area contributed by atoms with Crippen molar-refractivity contribution in [1.82, 2.24) is 9.78 Å². The second-order valence-electron chi connectivity index (χ2n) is 7.70. The first kappa shape index (κ1) is 18.9. The molecule has 1 fully saturated rings. The molecule has 0 spiro atoms. The number of carbonyl (C=O) groups excluding carboxylic acids is 2. The molecule has 4 aromatic rings. The minimum absolute atomic E-state index is 0.172. The fourth-order valence-corrected chi connectivity index (χ4v) is 4.77. The largest absolute Gasteiger partial charge is 0.451 e. The molecule has 1 aliphatic heterocycles. The molecule has 0 bridgehead atoms. The summed E-state index contributed by atoms with van der Waals surface area (Å²) in [5.41, 5.74) is 2.12. The van der Waals surface area contributed by atoms with Crippen LogP contribution >= 0.6 is 11.3 Å². The first-order valence-corrected chi connectivity index (χ1v) is 11.2. The second-order valence-corrected chi connectivity index (χ2v) is 8.65. The van der Waals surface area contributed by atoms with E-state index in [9.17, 15) is 9.59 Å². The highest BCUT2D eigenvalue weighted by atomic mass is 32.1. The van der Waals surface area contributed by atoms with Gasteiger partial charge in [-0.1, -0.05) is 24.3 Å². The fourth-order valence-electron chi connectivity index (χ4n) is 4.09. The molecular formula is C23H17N5O3S. The summed E-state index contributed by atoms with van der Waals surface area (Å²) in [5, 5.41) is 10.2. The Morgan fingerprint density at radius 1 is 1.16 bits per heavy atom. The predicted octanol–water partition coefficient (Wildman–Crippen LogP) is 4.60. The van der Waals surface area contributed by atoms with Crippen molar-refractivity contribution in [3.8, 4) is 10.6 Å². The quantitative estimate of drug-likeness (QED) is 0.500. The van der Waals surface area contributed by atoms with Crippen molar-refractivity contribution >= 4 is 51.6 Å². The van der Waals surface area contributed by atoms with E-state index in [0.29, 0.717) is 17.1 Å². The molecule has 2 amide bonds. The first-order chi connectivity index (χ1) is 15.7. The van der Waals surface area contributed by atoms with E-state index in [-0.39, 0.29) is 23.5 Å². The van der Waals surface area contributed by atoms with Gasteiger partial charge in [-0.2, -0.15) is 14.8 Å². The number of furan rings is 1. The minimum atomic E-state index is -0.422. The number of fused-ring (bicyclic) bond motifs is 2. The van der Waals surface area contributed by atoms with Gasteiger partial charge in [0, 0.05) is 17.2 Å². The molecule has 1 N–H and O–H groups in total. The van der Waals surface area contributed by atoms with Crippen LogP contribution in [0.5, 0.6) is 0 Å². The van der Waals surface area contributed by atoms with Crippen molar-refractivity contribution in [2.45, 2.75) is 19.3 Å². The van der Waals surface area contributed by atoms with Crippen LogP contribution in [0.2, 0.25) is 0 Å². The van der Waals surface area contributed by atoms with Gasteiger partial charge in [0.05, 0.1) is 10.8 Å². The molecule has 1 aromatic carbocycles. The van der Waals surface area contributed by atoms with Crippen LogP contribution in [0.25, 0.3) is 21.5 Å². The van der Waals surface area contributed by atoms with E-state index in [4.69, 9.17) is 4.42 Å². The van der Waals surface area contributed by atoms with E-state index < -0.39 is 5.91 Å². The summed E-state index contributed by atoms with van der Waals surface area (Å²) in [6.45, 7) is 0. The molecule has 3 aromatic heterocycles. The number of thiophene rings is 1. The van der Waals surface area contributed by atoms with Crippen LogP contribution in [0, 0.1) is 5.92 Å². The van der Waals surface area contributed by atoms with Crippen LogP contribution in [0.4, 0.5) is 5.82 Å². The van der Waals surface area contributed by atoms with E-state index in [1.165, 1.54) is 16.0 Å². The van der Waals surface area contributed by atoms with Crippen LogP contribution in [-0.4, -0.2) is 33.3 Å². The molecule has 2 aliphatic rings. The maximum Gasteiger partial charge on any atom is 0.292 e. The number of carbonyl (C=O) groups is 2. The van der Waals surface area contributed by atoms with E-state index in [2.05, 4.69) is 20.4 Å². The van der Waals surface area contributed by atoms with Crippen molar-refractivity contribution in [1.29, 1.82) is 0 Å². The van der Waals surface area contributed by atoms with Crippen LogP contribution in [0.3, 0.4) is 0 Å². The number of anilines is 1. The number of rotatable bonds is 3. The third kappa shape index (κ3) is 3.18. The zero-order chi connectivity index (χ0) is 21.7. The van der Waals surface area contributed by atoms with Crippen molar-refractivity contribution in [3.05, 3.63) is 59.7 Å². The normalized spacial score (nSPS) is 17.9. The molecule has 1 saturated carbocycles. The molecule has 9 heteroatoms. The number of aromatic nitrogens is 2. The Labute approximate surface area is 186 Å². The summed E-state index contributed by atoms with van der Waals surface area (Å²) in [6, 6.07) is 14.7. The number of para-hydroxylation sites is 1. The topological polar surface area (TPSA) is 102 Å². The maximum absolute atomic E-state index is 13.0. The van der Waals surface area contributed by atoms with Crippen molar-refractivity contribution in [2.24, 2.45) is 15.9 Å². The summed E-state index contributed by atoms with van der Waals surface area (Å²) in [6.07, 6.45) is 2.48. The summed E-state index contributed by atoms with van der Waals surface area (Å²) >= 11 is 1.53. The molecule has 0 radical (unpaired) electrons. The van der Waals surface area contributed by atoms with Gasteiger partial charge in [-0.25, -0.2) is 4.99 Å². The van der Waals surface area contributed by atoms with Gasteiger partial charge in [-0.05, 0) is 42.8 Å². The van der Waals surface area contributed by atoms with Crippen molar-refractivity contribution < 1.29 is 14.0 Å². The lowest BCUT2D eigenvalue weighted by Gasteiger charge is -2.15. The molecule has 1 unspecified atom stereocenters. The Morgan fingerprint density at radius 3 is 2.91 bits per heavy atom. The number of hydrogen-bond donors (Lipinski definition) is 1. The van der Waals surface area contributed by atoms with E-state index >= 15 is 0 Å². The summed E-state index contributed by atoms with van der Waals surface area (Å²) in [4.78, 5) is 35.2. The Hall–Kier alpha value is -3.85. The lowest BCUT2D eigenvalue weighted by molar-refractivity contribution is -0.119. The highest BCUT2D eigenvalue weighted by Gasteiger charge is 2.34. The van der Waals surface area contributed by atoms with E-state index in [0.717, 1.165) is 35.2 Å². The monoisotopic (exact) mass is 443 g/mol. The number of nitrogens with zero attached hydrogens (tertiary/aromatic N) is 4. The van der Waals surface area contributed by atoms with Crippen LogP contribution in [0.1, 0.15) is 29.8 Å². The molecule has 0 saturated heterocycles. The van der Waals surface area contributed by atoms with E-state index in [1.807, 2.05) is 41.8 Å². The molecule has 1 aliphatic carbocycles. The van der Waals surface area contributed by atoms with Gasteiger partial charge in [-0.3, -0.25) is 9.59 Å². The minimum Gasteiger partial charge on any atom is -0.451 e. The van der Waals surface area contributed by atoms with Gasteiger partial charge in [0.15, 0.2) is 5.76 Å². The number of amides is 2. The Morgan fingerprint density at radius 2 is 2.06 bits per heavy atom. The highest BCUT2D eigenvalue weighted by molar-refractivity contribution is 7.13. The SMILES string of the molecule is O=C(Nc1cc(-c2cccs2)nn1C1=NC(=O)C2CCCC2=N1)c1cc2ccccc2o1. The van der Waals surface area contributed by atoms with Gasteiger partial charge in [0.1, 0.15) is 17.1 Å². The van der Waals surface area contributed by atoms with Gasteiger partial charge in [0.2, 0.25) is 0 Å². The Balaban J connectivity index is 1.39. The van der Waals surface area contributed by atoms with Gasteiger partial charge >= 0.3 is 0 Å². The summed E-state index contributed by atoms with van der Waals surface area (Å²) in [7, 11) is 0. The molecular weight excluding hydrogens is 426 g/mol. The number of nitrogens with one attached hydrogen (secondary N) is 1. The Bertz CT molecular complexity index is 1390. The van der Waals surface area contributed by atoms with Crippen LogP contribution in [0.15, 0.2) is 68.3 Å². The average Bonchev–Trinajstić information content (AvgIpc) is 3.59. The smallest absolute Gasteiger partial charge is 0.292 e. The van der Waals surface area contributed by atoms with Crippen molar-refractivity contribution in [2.75, 3.05) is 5.32 Å². The zero-order valence-corrected chi connectivity index (χ0v) is 17.6. The lowest BCUT2D eigenvalue weighted by Crippen LogP contribution is -2.29. The van der Waals surface area contributed by atoms with E-state index in [1.54, 1.807) is 12.1 Å². The standard InChI is InChI=1S/C23H17N5O3S/c29-21-14-6-3-7-15(14)24-23(26-21)28-20(12-16(27-28)19-9-4-10-32-19)25-22(30)18-11-13-5-1-2-8-17(13)31-18/h1-2,4-5,8-12,14H,3,6-7H2,(H,25,30). The maximum atomic E-state index is 13.0. The molecule has 4 heterocycles. The molecule has 158 valence electrons. The molecule has 8 nitrogen and oxygen atoms in total. The summed E-state index contributed by atoms with van der Waals surface area (Å²) in [5.74, 6) is -0.128. The molecule has 32 heavy (non-hydrogen) atoms. The fraction of sp³-hybridized carbons (Fsp3) is 0.174. The Kier molecular flexibility index (Phi) is 4.36. The molecule has 6 rings (SSSR count).